The number of halogens is 3. The third kappa shape index (κ3) is 6.06. The van der Waals surface area contributed by atoms with E-state index in [-0.39, 0.29) is 17.9 Å². The quantitative estimate of drug-likeness (QED) is 0.411. The van der Waals surface area contributed by atoms with Gasteiger partial charge in [0, 0.05) is 23.6 Å². The fourth-order valence-electron chi connectivity index (χ4n) is 3.70. The van der Waals surface area contributed by atoms with Crippen LogP contribution in [-0.4, -0.2) is 23.2 Å². The molecule has 1 aliphatic carbocycles. The zero-order valence-corrected chi connectivity index (χ0v) is 18.2. The first-order valence-electron chi connectivity index (χ1n) is 10.8. The first-order valence-corrected chi connectivity index (χ1v) is 10.8. The standard InChI is InChI=1S/C24H25F3N4O2/c1-32-20-9-5-6-17(14-20)29-22-21(24(25,26)27)15-28-23(31-22)30-16-10-12-19(13-11-16)33-18-7-3-2-4-8-18/h5-6,9-15,18H,2-4,7-8H2,1H3,(H2,28,29,30,31). The minimum atomic E-state index is -4.61. The number of nitrogens with one attached hydrogen (secondary N) is 2. The van der Waals surface area contributed by atoms with Crippen molar-refractivity contribution >= 4 is 23.1 Å². The van der Waals surface area contributed by atoms with E-state index in [0.717, 1.165) is 24.8 Å². The van der Waals surface area contributed by atoms with E-state index in [1.807, 2.05) is 12.1 Å². The van der Waals surface area contributed by atoms with Crippen LogP contribution in [0.2, 0.25) is 0 Å². The summed E-state index contributed by atoms with van der Waals surface area (Å²) in [4.78, 5) is 7.93. The number of alkyl halides is 3. The van der Waals surface area contributed by atoms with Crippen LogP contribution < -0.4 is 20.1 Å². The van der Waals surface area contributed by atoms with Gasteiger partial charge in [-0.15, -0.1) is 0 Å². The third-order valence-corrected chi connectivity index (χ3v) is 5.39. The molecule has 1 heterocycles. The minimum Gasteiger partial charge on any atom is -0.497 e. The molecule has 0 bridgehead atoms. The second-order valence-electron chi connectivity index (χ2n) is 7.84. The van der Waals surface area contributed by atoms with Crippen LogP contribution in [0.3, 0.4) is 0 Å². The summed E-state index contributed by atoms with van der Waals surface area (Å²) >= 11 is 0. The van der Waals surface area contributed by atoms with Gasteiger partial charge in [-0.05, 0) is 62.1 Å². The summed E-state index contributed by atoms with van der Waals surface area (Å²) in [5, 5.41) is 5.68. The lowest BCUT2D eigenvalue weighted by atomic mass is 9.98. The van der Waals surface area contributed by atoms with Crippen LogP contribution in [0.1, 0.15) is 37.7 Å². The molecule has 6 nitrogen and oxygen atoms in total. The highest BCUT2D eigenvalue weighted by Crippen LogP contribution is 2.36. The summed E-state index contributed by atoms with van der Waals surface area (Å²) in [7, 11) is 1.48. The van der Waals surface area contributed by atoms with Crippen molar-refractivity contribution in [3.63, 3.8) is 0 Å². The van der Waals surface area contributed by atoms with Gasteiger partial charge in [0.1, 0.15) is 22.9 Å². The minimum absolute atomic E-state index is 0.0364. The van der Waals surface area contributed by atoms with Gasteiger partial charge in [0.2, 0.25) is 5.95 Å². The lowest BCUT2D eigenvalue weighted by Gasteiger charge is -2.23. The molecule has 0 amide bonds. The molecular formula is C24H25F3N4O2. The fourth-order valence-corrected chi connectivity index (χ4v) is 3.70. The van der Waals surface area contributed by atoms with Gasteiger partial charge in [-0.25, -0.2) is 4.98 Å². The predicted molar refractivity (Wildman–Crippen MR) is 121 cm³/mol. The summed E-state index contributed by atoms with van der Waals surface area (Å²) in [5.74, 6) is 0.956. The van der Waals surface area contributed by atoms with Crippen LogP contribution in [0, 0.1) is 0 Å². The SMILES string of the molecule is COc1cccc(Nc2nc(Nc3ccc(OC4CCCCC4)cc3)ncc2C(F)(F)F)c1. The first kappa shape index (κ1) is 22.7. The van der Waals surface area contributed by atoms with Gasteiger partial charge in [-0.3, -0.25) is 0 Å². The number of anilines is 4. The van der Waals surface area contributed by atoms with E-state index in [9.17, 15) is 13.2 Å². The van der Waals surface area contributed by atoms with Crippen molar-refractivity contribution in [3.8, 4) is 11.5 Å². The van der Waals surface area contributed by atoms with Gasteiger partial charge in [0.05, 0.1) is 13.2 Å². The molecule has 33 heavy (non-hydrogen) atoms. The van der Waals surface area contributed by atoms with Gasteiger partial charge >= 0.3 is 6.18 Å². The number of aromatic nitrogens is 2. The summed E-state index contributed by atoms with van der Waals surface area (Å²) in [6.07, 6.45) is 2.12. The average Bonchev–Trinajstić information content (AvgIpc) is 2.80. The van der Waals surface area contributed by atoms with Crippen molar-refractivity contribution in [3.05, 3.63) is 60.3 Å². The fraction of sp³-hybridized carbons (Fsp3) is 0.333. The van der Waals surface area contributed by atoms with Crippen LogP contribution in [0.4, 0.5) is 36.3 Å². The zero-order chi connectivity index (χ0) is 23.3. The number of benzene rings is 2. The van der Waals surface area contributed by atoms with Crippen molar-refractivity contribution in [2.45, 2.75) is 44.4 Å². The topological polar surface area (TPSA) is 68.3 Å². The largest absolute Gasteiger partial charge is 0.497 e. The smallest absolute Gasteiger partial charge is 0.421 e. The van der Waals surface area contributed by atoms with Crippen LogP contribution in [-0.2, 0) is 6.18 Å². The molecule has 1 aromatic heterocycles. The van der Waals surface area contributed by atoms with Crippen molar-refractivity contribution in [2.24, 2.45) is 0 Å². The number of methoxy groups -OCH3 is 1. The molecule has 0 aliphatic heterocycles. The number of hydrogen-bond donors (Lipinski definition) is 2. The Labute approximate surface area is 190 Å². The maximum absolute atomic E-state index is 13.5. The van der Waals surface area contributed by atoms with Crippen molar-refractivity contribution < 1.29 is 22.6 Å². The second kappa shape index (κ2) is 9.97. The summed E-state index contributed by atoms with van der Waals surface area (Å²) in [6.45, 7) is 0. The summed E-state index contributed by atoms with van der Waals surface area (Å²) < 4.78 is 51.7. The van der Waals surface area contributed by atoms with Crippen LogP contribution >= 0.6 is 0 Å². The molecule has 2 aromatic carbocycles. The van der Waals surface area contributed by atoms with Gasteiger partial charge in [0.25, 0.3) is 0 Å². The van der Waals surface area contributed by atoms with Crippen molar-refractivity contribution in [1.29, 1.82) is 0 Å². The molecule has 0 saturated heterocycles. The van der Waals surface area contributed by atoms with E-state index >= 15 is 0 Å². The van der Waals surface area contributed by atoms with Crippen molar-refractivity contribution in [2.75, 3.05) is 17.7 Å². The Balaban J connectivity index is 1.51. The van der Waals surface area contributed by atoms with E-state index < -0.39 is 11.7 Å². The molecule has 3 aromatic rings. The Morgan fingerprint density at radius 3 is 2.36 bits per heavy atom. The van der Waals surface area contributed by atoms with E-state index in [1.165, 1.54) is 26.4 Å². The lowest BCUT2D eigenvalue weighted by molar-refractivity contribution is -0.137. The van der Waals surface area contributed by atoms with E-state index in [1.54, 1.807) is 36.4 Å². The molecule has 0 radical (unpaired) electrons. The molecule has 2 N–H and O–H groups in total. The molecule has 4 rings (SSSR count). The monoisotopic (exact) mass is 458 g/mol. The highest BCUT2D eigenvalue weighted by molar-refractivity contribution is 5.64. The first-order chi connectivity index (χ1) is 15.9. The summed E-state index contributed by atoms with van der Waals surface area (Å²) in [5.41, 5.74) is 0.0823. The number of ether oxygens (including phenoxy) is 2. The van der Waals surface area contributed by atoms with Gasteiger partial charge in [-0.2, -0.15) is 18.2 Å². The van der Waals surface area contributed by atoms with E-state index in [2.05, 4.69) is 20.6 Å². The maximum atomic E-state index is 13.5. The lowest BCUT2D eigenvalue weighted by Crippen LogP contribution is -2.19. The van der Waals surface area contributed by atoms with Crippen LogP contribution in [0.5, 0.6) is 11.5 Å². The number of hydrogen-bond acceptors (Lipinski definition) is 6. The van der Waals surface area contributed by atoms with Gasteiger partial charge in [0.15, 0.2) is 0 Å². The Morgan fingerprint density at radius 1 is 0.909 bits per heavy atom. The van der Waals surface area contributed by atoms with E-state index in [0.29, 0.717) is 17.1 Å². The second-order valence-corrected chi connectivity index (χ2v) is 7.84. The number of nitrogens with zero attached hydrogens (tertiary/aromatic N) is 2. The molecule has 1 aliphatic rings. The zero-order valence-electron chi connectivity index (χ0n) is 18.2. The molecule has 1 saturated carbocycles. The normalized spacial score (nSPS) is 14.5. The average molecular weight is 458 g/mol. The maximum Gasteiger partial charge on any atom is 0.421 e. The molecular weight excluding hydrogens is 433 g/mol. The van der Waals surface area contributed by atoms with Crippen LogP contribution in [0.15, 0.2) is 54.7 Å². The van der Waals surface area contributed by atoms with Gasteiger partial charge in [-0.1, -0.05) is 12.5 Å². The highest BCUT2D eigenvalue weighted by Gasteiger charge is 2.35. The Morgan fingerprint density at radius 2 is 1.67 bits per heavy atom. The molecule has 0 unspecified atom stereocenters. The molecule has 0 atom stereocenters. The Bertz CT molecular complexity index is 1070. The highest BCUT2D eigenvalue weighted by atomic mass is 19.4. The Kier molecular flexibility index (Phi) is 6.86. The molecule has 0 spiro atoms. The number of rotatable bonds is 7. The van der Waals surface area contributed by atoms with Crippen molar-refractivity contribution in [1.82, 2.24) is 9.97 Å². The predicted octanol–water partition coefficient (Wildman–Crippen LogP) is 6.70. The molecule has 174 valence electrons. The van der Waals surface area contributed by atoms with Gasteiger partial charge < -0.3 is 20.1 Å². The Hall–Kier alpha value is -3.49. The van der Waals surface area contributed by atoms with E-state index in [4.69, 9.17) is 9.47 Å². The molecule has 1 fully saturated rings. The molecule has 9 heteroatoms. The third-order valence-electron chi connectivity index (χ3n) is 5.39. The van der Waals surface area contributed by atoms with Crippen LogP contribution in [0.25, 0.3) is 0 Å². The summed E-state index contributed by atoms with van der Waals surface area (Å²) in [6, 6.07) is 13.8.